The predicted molar refractivity (Wildman–Crippen MR) is 137 cm³/mol. The van der Waals surface area contributed by atoms with Gasteiger partial charge in [0.15, 0.2) is 0 Å². The van der Waals surface area contributed by atoms with Crippen molar-refractivity contribution in [3.05, 3.63) is 65.0 Å². The Kier molecular flexibility index (Phi) is 6.18. The summed E-state index contributed by atoms with van der Waals surface area (Å²) in [6.45, 7) is 4.62. The molecule has 35 heavy (non-hydrogen) atoms. The van der Waals surface area contributed by atoms with Gasteiger partial charge in [-0.1, -0.05) is 44.0 Å². The quantitative estimate of drug-likeness (QED) is 0.610. The van der Waals surface area contributed by atoms with E-state index in [0.29, 0.717) is 12.5 Å². The van der Waals surface area contributed by atoms with Gasteiger partial charge in [-0.2, -0.15) is 0 Å². The van der Waals surface area contributed by atoms with Crippen molar-refractivity contribution in [3.8, 4) is 0 Å². The zero-order chi connectivity index (χ0) is 23.9. The summed E-state index contributed by atoms with van der Waals surface area (Å²) in [5.74, 6) is 0.286. The van der Waals surface area contributed by atoms with Gasteiger partial charge in [0.25, 0.3) is 0 Å². The maximum absolute atomic E-state index is 12.7. The predicted octanol–water partition coefficient (Wildman–Crippen LogP) is 5.40. The van der Waals surface area contributed by atoms with Crippen molar-refractivity contribution < 1.29 is 9.53 Å². The molecule has 1 saturated carbocycles. The third kappa shape index (κ3) is 4.11. The van der Waals surface area contributed by atoms with E-state index in [2.05, 4.69) is 40.5 Å². The topological polar surface area (TPSA) is 54.5 Å². The zero-order valence-electron chi connectivity index (χ0n) is 21.1. The lowest BCUT2D eigenvalue weighted by molar-refractivity contribution is -0.133. The van der Waals surface area contributed by atoms with Crippen LogP contribution >= 0.6 is 0 Å². The van der Waals surface area contributed by atoms with Crippen LogP contribution in [0.25, 0.3) is 0 Å². The smallest absolute Gasteiger partial charge is 0.222 e. The largest absolute Gasteiger partial charge is 0.375 e. The Morgan fingerprint density at radius 1 is 1.17 bits per heavy atom. The number of aromatic nitrogens is 1. The molecular formula is C30H39N3O2. The molecule has 6 rings (SSSR count). The molecule has 1 aromatic heterocycles. The van der Waals surface area contributed by atoms with Gasteiger partial charge in [-0.3, -0.25) is 9.78 Å². The van der Waals surface area contributed by atoms with E-state index in [4.69, 9.17) is 9.72 Å². The summed E-state index contributed by atoms with van der Waals surface area (Å²) >= 11 is 0. The number of amides is 1. The Morgan fingerprint density at radius 2 is 2.06 bits per heavy atom. The van der Waals surface area contributed by atoms with E-state index in [1.807, 2.05) is 19.2 Å². The maximum atomic E-state index is 12.7. The van der Waals surface area contributed by atoms with Crippen LogP contribution in [0.5, 0.6) is 0 Å². The van der Waals surface area contributed by atoms with Crippen molar-refractivity contribution in [2.75, 3.05) is 19.7 Å². The van der Waals surface area contributed by atoms with Crippen LogP contribution in [0, 0.1) is 0 Å². The summed E-state index contributed by atoms with van der Waals surface area (Å²) in [6, 6.07) is 13.7. The minimum absolute atomic E-state index is 0.0511. The lowest BCUT2D eigenvalue weighted by atomic mass is 9.68. The number of benzene rings is 1. The van der Waals surface area contributed by atoms with Gasteiger partial charge >= 0.3 is 0 Å². The van der Waals surface area contributed by atoms with E-state index >= 15 is 0 Å². The Balaban J connectivity index is 1.21. The summed E-state index contributed by atoms with van der Waals surface area (Å²) in [5, 5.41) is 3.95. The van der Waals surface area contributed by atoms with Gasteiger partial charge in [-0.15, -0.1) is 0 Å². The van der Waals surface area contributed by atoms with Gasteiger partial charge in [0.2, 0.25) is 5.91 Å². The molecule has 186 valence electrons. The van der Waals surface area contributed by atoms with E-state index in [9.17, 15) is 4.79 Å². The first-order valence-electron chi connectivity index (χ1n) is 13.8. The fourth-order valence-corrected chi connectivity index (χ4v) is 7.69. The summed E-state index contributed by atoms with van der Waals surface area (Å²) < 4.78 is 6.44. The van der Waals surface area contributed by atoms with Crippen LogP contribution in [0.2, 0.25) is 0 Å². The summed E-state index contributed by atoms with van der Waals surface area (Å²) in [4.78, 5) is 19.7. The fraction of sp³-hybridized carbons (Fsp3) is 0.600. The van der Waals surface area contributed by atoms with Crippen molar-refractivity contribution in [1.29, 1.82) is 0 Å². The molecule has 1 spiro atoms. The molecule has 3 heterocycles. The minimum Gasteiger partial charge on any atom is -0.375 e. The normalized spacial score (nSPS) is 28.9. The Hall–Kier alpha value is -2.24. The monoisotopic (exact) mass is 473 g/mol. The summed E-state index contributed by atoms with van der Waals surface area (Å²) in [6.07, 6.45) is 12.7. The van der Waals surface area contributed by atoms with Crippen LogP contribution in [-0.4, -0.2) is 41.1 Å². The van der Waals surface area contributed by atoms with Crippen LogP contribution in [0.1, 0.15) is 99.2 Å². The highest BCUT2D eigenvalue weighted by molar-refractivity contribution is 5.77. The first-order valence-corrected chi connectivity index (χ1v) is 13.8. The number of hydrogen-bond donors (Lipinski definition) is 1. The highest BCUT2D eigenvalue weighted by atomic mass is 16.5. The SMILES string of the molecule is CCC(=O)N1CCc2cccc3c2C1CC3NCC[C@@]1(c2ccccn2)CCOC2(CCCC2)C1. The average molecular weight is 474 g/mol. The molecule has 5 heteroatoms. The maximum Gasteiger partial charge on any atom is 0.222 e. The number of carbonyl (C=O) groups is 1. The molecule has 1 aromatic carbocycles. The first kappa shape index (κ1) is 23.2. The van der Waals surface area contributed by atoms with E-state index in [0.717, 1.165) is 51.8 Å². The molecule has 0 bridgehead atoms. The van der Waals surface area contributed by atoms with Crippen molar-refractivity contribution in [2.45, 2.75) is 94.2 Å². The van der Waals surface area contributed by atoms with Crippen molar-refractivity contribution in [2.24, 2.45) is 0 Å². The summed E-state index contributed by atoms with van der Waals surface area (Å²) in [5.41, 5.74) is 5.63. The molecule has 2 aliphatic heterocycles. The highest BCUT2D eigenvalue weighted by Gasteiger charge is 2.48. The first-order chi connectivity index (χ1) is 17.1. The van der Waals surface area contributed by atoms with E-state index in [1.165, 1.54) is 48.1 Å². The lowest BCUT2D eigenvalue weighted by Gasteiger charge is -2.46. The van der Waals surface area contributed by atoms with E-state index in [-0.39, 0.29) is 23.0 Å². The number of pyridine rings is 1. The van der Waals surface area contributed by atoms with Crippen LogP contribution < -0.4 is 5.32 Å². The molecule has 2 fully saturated rings. The molecular weight excluding hydrogens is 434 g/mol. The molecule has 3 atom stereocenters. The van der Waals surface area contributed by atoms with Gasteiger partial charge in [0.1, 0.15) is 0 Å². The highest BCUT2D eigenvalue weighted by Crippen LogP contribution is 2.50. The van der Waals surface area contributed by atoms with Crippen molar-refractivity contribution in [1.82, 2.24) is 15.2 Å². The average Bonchev–Trinajstić information content (AvgIpc) is 3.50. The fourth-order valence-electron chi connectivity index (χ4n) is 7.69. The third-order valence-electron chi connectivity index (χ3n) is 9.39. The second-order valence-corrected chi connectivity index (χ2v) is 11.3. The van der Waals surface area contributed by atoms with Gasteiger partial charge in [0.05, 0.1) is 11.6 Å². The van der Waals surface area contributed by atoms with Gasteiger partial charge in [0, 0.05) is 42.9 Å². The van der Waals surface area contributed by atoms with Gasteiger partial charge in [-0.05, 0) is 80.3 Å². The van der Waals surface area contributed by atoms with Crippen molar-refractivity contribution in [3.63, 3.8) is 0 Å². The zero-order valence-corrected chi connectivity index (χ0v) is 21.1. The van der Waals surface area contributed by atoms with E-state index in [1.54, 1.807) is 0 Å². The Morgan fingerprint density at radius 3 is 2.86 bits per heavy atom. The number of hydrogen-bond acceptors (Lipinski definition) is 4. The molecule has 0 radical (unpaired) electrons. The number of rotatable bonds is 6. The van der Waals surface area contributed by atoms with Gasteiger partial charge < -0.3 is 15.0 Å². The van der Waals surface area contributed by atoms with Crippen molar-refractivity contribution >= 4 is 5.91 Å². The van der Waals surface area contributed by atoms with Crippen LogP contribution in [0.15, 0.2) is 42.6 Å². The lowest BCUT2D eigenvalue weighted by Crippen LogP contribution is -2.47. The van der Waals surface area contributed by atoms with Crippen LogP contribution in [0.4, 0.5) is 0 Å². The molecule has 2 aromatic rings. The second-order valence-electron chi connectivity index (χ2n) is 11.3. The second kappa shape index (κ2) is 9.33. The third-order valence-corrected chi connectivity index (χ3v) is 9.39. The van der Waals surface area contributed by atoms with Crippen LogP contribution in [-0.2, 0) is 21.4 Å². The number of ether oxygens (including phenoxy) is 1. The molecule has 4 aliphatic rings. The molecule has 2 aliphatic carbocycles. The molecule has 1 N–H and O–H groups in total. The Bertz CT molecular complexity index is 1060. The standard InChI is InChI=1S/C30H39N3O2/c1-2-27(34)33-18-11-22-8-7-9-23-24(20-25(33)28(22)23)31-17-14-29(26-10-3-6-16-32-26)15-19-35-30(21-29)12-4-5-13-30/h3,6-10,16,24-25,31H,2,4-5,11-15,17-21H2,1H3/t24?,25?,29-/m1/s1. The van der Waals surface area contributed by atoms with Gasteiger partial charge in [-0.25, -0.2) is 0 Å². The Labute approximate surface area is 209 Å². The summed E-state index contributed by atoms with van der Waals surface area (Å²) in [7, 11) is 0. The van der Waals surface area contributed by atoms with Crippen LogP contribution in [0.3, 0.4) is 0 Å². The molecule has 1 amide bonds. The number of nitrogens with zero attached hydrogens (tertiary/aromatic N) is 2. The number of carbonyl (C=O) groups excluding carboxylic acids is 1. The molecule has 2 unspecified atom stereocenters. The molecule has 5 nitrogen and oxygen atoms in total. The van der Waals surface area contributed by atoms with E-state index < -0.39 is 0 Å². The molecule has 1 saturated heterocycles. The minimum atomic E-state index is 0.0511. The number of nitrogens with one attached hydrogen (secondary N) is 1.